The molecule has 14 heteroatoms. The molecule has 1 aromatic heterocycles. The zero-order chi connectivity index (χ0) is 36.9. The number of carbonyl (C=O) groups excluding carboxylic acids is 4. The molecule has 4 amide bonds. The third-order valence-corrected chi connectivity index (χ3v) is 13.2. The molecule has 3 aromatic rings. The van der Waals surface area contributed by atoms with Gasteiger partial charge in [0.2, 0.25) is 11.8 Å². The fourth-order valence-corrected chi connectivity index (χ4v) is 10.3. The van der Waals surface area contributed by atoms with Crippen LogP contribution in [0.15, 0.2) is 48.5 Å². The largest absolute Gasteiger partial charge is 0.507 e. The molecule has 0 bridgehead atoms. The Kier molecular flexibility index (Phi) is 7.74. The van der Waals surface area contributed by atoms with Gasteiger partial charge in [-0.05, 0) is 72.4 Å². The number of aromatic hydroxyl groups is 1. The summed E-state index contributed by atoms with van der Waals surface area (Å²) in [5.41, 5.74) is 4.14. The number of amides is 4. The molecular formula is C40H45N9O5. The molecule has 3 unspecified atom stereocenters. The molecule has 6 atom stereocenters. The highest BCUT2D eigenvalue weighted by Crippen LogP contribution is 2.53. The maximum absolute atomic E-state index is 13.4. The van der Waals surface area contributed by atoms with Gasteiger partial charge in [-0.15, -0.1) is 10.2 Å². The van der Waals surface area contributed by atoms with E-state index in [0.717, 1.165) is 112 Å². The van der Waals surface area contributed by atoms with Crippen molar-refractivity contribution >= 4 is 40.8 Å². The predicted octanol–water partition coefficient (Wildman–Crippen LogP) is 2.26. The van der Waals surface area contributed by atoms with Crippen LogP contribution in [0.3, 0.4) is 0 Å². The Morgan fingerprint density at radius 2 is 1.70 bits per heavy atom. The number of fused-ring (bicyclic) bond motifs is 5. The summed E-state index contributed by atoms with van der Waals surface area (Å²) in [5.74, 6) is 1.40. The highest BCUT2D eigenvalue weighted by atomic mass is 16.3. The lowest BCUT2D eigenvalue weighted by atomic mass is 9.89. The van der Waals surface area contributed by atoms with Gasteiger partial charge in [0.25, 0.3) is 11.8 Å². The summed E-state index contributed by atoms with van der Waals surface area (Å²) in [5, 5.41) is 25.0. The van der Waals surface area contributed by atoms with Crippen LogP contribution in [0.2, 0.25) is 0 Å². The second-order valence-electron chi connectivity index (χ2n) is 16.8. The minimum Gasteiger partial charge on any atom is -0.507 e. The van der Waals surface area contributed by atoms with E-state index in [1.807, 2.05) is 30.3 Å². The average Bonchev–Trinajstić information content (AvgIpc) is 3.43. The number of phenolic OH excluding ortho intramolecular Hbond substituents is 1. The SMILES string of the molecule is CC1(CN2C[C@@H]3C(CN4CCN5c6cc(-c7ccccc7O)nnc6NC[C@H]5C4)[C@@H]3C2)CCN(c2ccc3c(c2)C(=O)N(C2CCC(=O)NC2=O)C3=O)C1. The van der Waals surface area contributed by atoms with Crippen molar-refractivity contribution in [3.8, 4) is 17.0 Å². The fourth-order valence-electron chi connectivity index (χ4n) is 10.3. The molecule has 14 nitrogen and oxygen atoms in total. The standard InChI is InChI=1S/C40H45N9O5/c1-40(10-11-47(22-40)23-6-7-25-27(14-23)39(54)49(38(25)53)32-8-9-35(51)42-37(32)52)21-46-19-29-28(30(29)20-46)18-45-12-13-48-24(17-45)16-41-36-33(48)15-31(43-44-36)26-4-2-3-5-34(26)50/h2-7,14-15,24,28-30,32,50H,8-13,16-22H2,1H3,(H,41,44)(H,42,51,52)/t24-,28?,29-,30+,32?,40?/m0/s1. The molecule has 6 aliphatic heterocycles. The summed E-state index contributed by atoms with van der Waals surface area (Å²) in [4.78, 5) is 61.9. The number of piperazine rings is 1. The minimum atomic E-state index is -0.958. The predicted molar refractivity (Wildman–Crippen MR) is 200 cm³/mol. The van der Waals surface area contributed by atoms with E-state index in [2.05, 4.69) is 53.4 Å². The molecule has 0 spiro atoms. The lowest BCUT2D eigenvalue weighted by molar-refractivity contribution is -0.136. The Labute approximate surface area is 313 Å². The molecule has 5 fully saturated rings. The zero-order valence-electron chi connectivity index (χ0n) is 30.4. The van der Waals surface area contributed by atoms with Gasteiger partial charge in [0.05, 0.1) is 28.6 Å². The third-order valence-electron chi connectivity index (χ3n) is 13.2. The van der Waals surface area contributed by atoms with E-state index < -0.39 is 23.8 Å². The number of aromatic nitrogens is 2. The van der Waals surface area contributed by atoms with Crippen molar-refractivity contribution in [2.24, 2.45) is 23.2 Å². The number of benzene rings is 2. The Hall–Kier alpha value is -5.08. The molecule has 280 valence electrons. The number of anilines is 3. The van der Waals surface area contributed by atoms with Gasteiger partial charge in [0.15, 0.2) is 5.82 Å². The first-order valence-corrected chi connectivity index (χ1v) is 19.3. The first-order chi connectivity index (χ1) is 26.1. The van der Waals surface area contributed by atoms with Crippen LogP contribution in [0.25, 0.3) is 11.3 Å². The molecule has 1 saturated carbocycles. The molecule has 1 aliphatic carbocycles. The van der Waals surface area contributed by atoms with Crippen LogP contribution >= 0.6 is 0 Å². The smallest absolute Gasteiger partial charge is 0.262 e. The number of hydrogen-bond acceptors (Lipinski definition) is 12. The number of imide groups is 2. The molecule has 54 heavy (non-hydrogen) atoms. The van der Waals surface area contributed by atoms with E-state index in [1.54, 1.807) is 12.1 Å². The molecule has 0 radical (unpaired) electrons. The number of nitrogens with zero attached hydrogens (tertiary/aromatic N) is 7. The van der Waals surface area contributed by atoms with Crippen molar-refractivity contribution in [2.45, 2.75) is 38.3 Å². The number of piperidine rings is 2. The number of rotatable bonds is 7. The first-order valence-electron chi connectivity index (χ1n) is 19.3. The number of likely N-dealkylation sites (tertiary alicyclic amines) is 1. The first kappa shape index (κ1) is 33.5. The average molecular weight is 732 g/mol. The number of para-hydroxylation sites is 1. The molecular weight excluding hydrogens is 686 g/mol. The van der Waals surface area contributed by atoms with Crippen molar-refractivity contribution < 1.29 is 24.3 Å². The number of phenols is 1. The monoisotopic (exact) mass is 731 g/mol. The minimum absolute atomic E-state index is 0.105. The Balaban J connectivity index is 0.720. The lowest BCUT2D eigenvalue weighted by Crippen LogP contribution is -2.58. The van der Waals surface area contributed by atoms with Crippen molar-refractivity contribution in [3.05, 3.63) is 59.7 Å². The van der Waals surface area contributed by atoms with Gasteiger partial charge in [-0.25, -0.2) is 0 Å². The van der Waals surface area contributed by atoms with Crippen LogP contribution in [0, 0.1) is 23.2 Å². The second kappa shape index (κ2) is 12.5. The molecule has 3 N–H and O–H groups in total. The van der Waals surface area contributed by atoms with E-state index in [-0.39, 0.29) is 29.9 Å². The van der Waals surface area contributed by atoms with Gasteiger partial charge in [0, 0.05) is 83.1 Å². The summed E-state index contributed by atoms with van der Waals surface area (Å²) in [6, 6.07) is 14.2. The second-order valence-corrected chi connectivity index (χ2v) is 16.8. The number of nitrogens with one attached hydrogen (secondary N) is 2. The maximum atomic E-state index is 13.4. The van der Waals surface area contributed by atoms with Crippen molar-refractivity contribution in [3.63, 3.8) is 0 Å². The third kappa shape index (κ3) is 5.60. The summed E-state index contributed by atoms with van der Waals surface area (Å²) in [6.07, 6.45) is 1.31. The van der Waals surface area contributed by atoms with Crippen LogP contribution < -0.4 is 20.4 Å². The van der Waals surface area contributed by atoms with Gasteiger partial charge in [0.1, 0.15) is 11.8 Å². The lowest BCUT2D eigenvalue weighted by Gasteiger charge is -2.46. The van der Waals surface area contributed by atoms with E-state index in [4.69, 9.17) is 0 Å². The van der Waals surface area contributed by atoms with Gasteiger partial charge < -0.3 is 25.1 Å². The summed E-state index contributed by atoms with van der Waals surface area (Å²) < 4.78 is 0. The maximum Gasteiger partial charge on any atom is 0.262 e. The van der Waals surface area contributed by atoms with E-state index in [9.17, 15) is 24.3 Å². The number of carbonyl (C=O) groups is 4. The van der Waals surface area contributed by atoms with E-state index >= 15 is 0 Å². The Morgan fingerprint density at radius 3 is 2.52 bits per heavy atom. The topological polar surface area (TPSA) is 155 Å². The Morgan fingerprint density at radius 1 is 0.889 bits per heavy atom. The van der Waals surface area contributed by atoms with Crippen LogP contribution in [-0.4, -0.2) is 131 Å². The van der Waals surface area contributed by atoms with Crippen LogP contribution in [0.4, 0.5) is 17.2 Å². The summed E-state index contributed by atoms with van der Waals surface area (Å²) >= 11 is 0. The fraction of sp³-hybridized carbons (Fsp3) is 0.500. The van der Waals surface area contributed by atoms with Gasteiger partial charge in [-0.3, -0.25) is 34.3 Å². The van der Waals surface area contributed by atoms with Gasteiger partial charge in [-0.1, -0.05) is 19.1 Å². The Bertz CT molecular complexity index is 2080. The zero-order valence-corrected chi connectivity index (χ0v) is 30.4. The van der Waals surface area contributed by atoms with Crippen LogP contribution in [0.5, 0.6) is 5.75 Å². The van der Waals surface area contributed by atoms with Crippen LogP contribution in [0.1, 0.15) is 46.9 Å². The van der Waals surface area contributed by atoms with Gasteiger partial charge in [-0.2, -0.15) is 0 Å². The molecule has 4 saturated heterocycles. The molecule has 7 aliphatic rings. The molecule has 10 rings (SSSR count). The van der Waals surface area contributed by atoms with Crippen LogP contribution in [-0.2, 0) is 9.59 Å². The molecule has 2 aromatic carbocycles. The normalized spacial score (nSPS) is 30.5. The quantitative estimate of drug-likeness (QED) is 0.306. The van der Waals surface area contributed by atoms with E-state index in [1.165, 1.54) is 0 Å². The van der Waals surface area contributed by atoms with Gasteiger partial charge >= 0.3 is 0 Å². The van der Waals surface area contributed by atoms with Crippen molar-refractivity contribution in [1.29, 1.82) is 0 Å². The highest BCUT2D eigenvalue weighted by molar-refractivity contribution is 6.23. The number of hydrogen-bond donors (Lipinski definition) is 3. The van der Waals surface area contributed by atoms with E-state index in [0.29, 0.717) is 28.4 Å². The summed E-state index contributed by atoms with van der Waals surface area (Å²) in [7, 11) is 0. The summed E-state index contributed by atoms with van der Waals surface area (Å²) in [6.45, 7) is 12.5. The highest BCUT2D eigenvalue weighted by Gasteiger charge is 2.56. The van der Waals surface area contributed by atoms with Crippen molar-refractivity contribution in [2.75, 3.05) is 80.6 Å². The molecule has 7 heterocycles. The van der Waals surface area contributed by atoms with Crippen molar-refractivity contribution in [1.82, 2.24) is 30.2 Å².